The Morgan fingerprint density at radius 1 is 1.30 bits per heavy atom. The van der Waals surface area contributed by atoms with Crippen molar-refractivity contribution in [2.75, 3.05) is 11.9 Å². The van der Waals surface area contributed by atoms with Gasteiger partial charge in [0.05, 0.1) is 0 Å². The molecule has 0 atom stereocenters. The van der Waals surface area contributed by atoms with Gasteiger partial charge in [0.25, 0.3) is 5.91 Å². The van der Waals surface area contributed by atoms with Gasteiger partial charge in [-0.1, -0.05) is 30.4 Å². The molecule has 0 radical (unpaired) electrons. The number of carbonyl (C=O) groups excluding carboxylic acids is 1. The molecule has 6 nitrogen and oxygen atoms in total. The maximum Gasteiger partial charge on any atom is 0.414 e. The first-order chi connectivity index (χ1) is 9.50. The van der Waals surface area contributed by atoms with E-state index in [1.807, 2.05) is 6.07 Å². The number of hydrogen-bond donors (Lipinski definition) is 3. The normalized spacial score (nSPS) is 15.2. The molecule has 3 N–H and O–H groups in total. The number of aliphatic hydroxyl groups is 1. The summed E-state index contributed by atoms with van der Waals surface area (Å²) in [4.78, 5) is 23.6. The van der Waals surface area contributed by atoms with Crippen molar-refractivity contribution in [3.63, 3.8) is 0 Å². The smallest absolute Gasteiger partial charge is 0.414 e. The van der Waals surface area contributed by atoms with E-state index in [9.17, 15) is 14.7 Å². The number of benzene rings is 1. The van der Waals surface area contributed by atoms with Crippen molar-refractivity contribution < 1.29 is 19.8 Å². The Kier molecular flexibility index (Phi) is 3.99. The van der Waals surface area contributed by atoms with Gasteiger partial charge < -0.3 is 15.5 Å². The molecule has 104 valence electrons. The highest BCUT2D eigenvalue weighted by Gasteiger charge is 2.33. The molecule has 2 rings (SSSR count). The van der Waals surface area contributed by atoms with Gasteiger partial charge in [0, 0.05) is 18.7 Å². The lowest BCUT2D eigenvalue weighted by atomic mass is 10.1. The first-order valence-electron chi connectivity index (χ1n) is 5.84. The molecule has 0 saturated heterocycles. The summed E-state index contributed by atoms with van der Waals surface area (Å²) in [5, 5.41) is 21.5. The first-order valence-corrected chi connectivity index (χ1v) is 6.25. The molecule has 1 aliphatic rings. The number of thiocarbonyl (C=S) groups is 1. The molecule has 1 heterocycles. The zero-order valence-electron chi connectivity index (χ0n) is 10.4. The van der Waals surface area contributed by atoms with Crippen LogP contribution in [0.5, 0.6) is 0 Å². The number of anilines is 1. The number of imide groups is 1. The molecule has 0 saturated carbocycles. The van der Waals surface area contributed by atoms with Crippen molar-refractivity contribution in [3.8, 4) is 0 Å². The lowest BCUT2D eigenvalue weighted by molar-refractivity contribution is -0.125. The molecule has 0 aromatic heterocycles. The van der Waals surface area contributed by atoms with E-state index in [1.54, 1.807) is 24.3 Å². The van der Waals surface area contributed by atoms with Crippen LogP contribution in [0.25, 0.3) is 0 Å². The van der Waals surface area contributed by atoms with Crippen LogP contribution in [0.4, 0.5) is 10.5 Å². The second kappa shape index (κ2) is 5.70. The molecular formula is C13H12N2O4S. The Balaban J connectivity index is 2.23. The van der Waals surface area contributed by atoms with Crippen LogP contribution in [0.1, 0.15) is 6.42 Å². The number of hydrogen-bond acceptors (Lipinski definition) is 4. The fraction of sp³-hybridized carbons (Fsp3) is 0.154. The molecule has 1 aromatic rings. The average Bonchev–Trinajstić information content (AvgIpc) is 2.39. The van der Waals surface area contributed by atoms with E-state index >= 15 is 0 Å². The molecule has 20 heavy (non-hydrogen) atoms. The quantitative estimate of drug-likeness (QED) is 0.724. The van der Waals surface area contributed by atoms with Gasteiger partial charge in [-0.25, -0.2) is 9.69 Å². The van der Waals surface area contributed by atoms with E-state index in [0.29, 0.717) is 10.6 Å². The molecule has 0 fully saturated rings. The topological polar surface area (TPSA) is 89.9 Å². The van der Waals surface area contributed by atoms with Crippen LogP contribution in [0.15, 0.2) is 41.7 Å². The fourth-order valence-corrected chi connectivity index (χ4v) is 2.15. The largest absolute Gasteiger partial charge is 0.511 e. The highest BCUT2D eigenvalue weighted by atomic mass is 32.1. The Morgan fingerprint density at radius 2 is 1.95 bits per heavy atom. The van der Waals surface area contributed by atoms with Gasteiger partial charge in [0.1, 0.15) is 16.3 Å². The van der Waals surface area contributed by atoms with Gasteiger partial charge in [0.15, 0.2) is 0 Å². The Labute approximate surface area is 120 Å². The molecule has 7 heteroatoms. The predicted molar refractivity (Wildman–Crippen MR) is 76.7 cm³/mol. The van der Waals surface area contributed by atoms with Crippen LogP contribution >= 0.6 is 12.2 Å². The minimum absolute atomic E-state index is 0.00431. The van der Waals surface area contributed by atoms with Crippen molar-refractivity contribution >= 4 is 34.9 Å². The highest BCUT2D eigenvalue weighted by molar-refractivity contribution is 7.81. The highest BCUT2D eigenvalue weighted by Crippen LogP contribution is 2.20. The van der Waals surface area contributed by atoms with Gasteiger partial charge in [0.2, 0.25) is 0 Å². The molecule has 1 aliphatic heterocycles. The van der Waals surface area contributed by atoms with Crippen LogP contribution in [-0.4, -0.2) is 38.6 Å². The summed E-state index contributed by atoms with van der Waals surface area (Å²) in [6.45, 7) is -0.0720. The number of nitrogens with one attached hydrogen (secondary N) is 1. The molecular weight excluding hydrogens is 280 g/mol. The SMILES string of the molecule is O=C(O)N1CCC(O)=C(C(=S)Nc2ccccc2)C1=O. The monoisotopic (exact) mass is 292 g/mol. The molecule has 1 aromatic carbocycles. The third-order valence-electron chi connectivity index (χ3n) is 2.81. The third kappa shape index (κ3) is 2.77. The Hall–Kier alpha value is -2.41. The van der Waals surface area contributed by atoms with Gasteiger partial charge >= 0.3 is 6.09 Å². The summed E-state index contributed by atoms with van der Waals surface area (Å²) in [6, 6.07) is 8.87. The van der Waals surface area contributed by atoms with Gasteiger partial charge in [-0.05, 0) is 12.1 Å². The summed E-state index contributed by atoms with van der Waals surface area (Å²) in [6.07, 6.45) is -1.30. The Bertz CT molecular complexity index is 598. The van der Waals surface area contributed by atoms with E-state index < -0.39 is 12.0 Å². The van der Waals surface area contributed by atoms with Crippen LogP contribution in [0.3, 0.4) is 0 Å². The summed E-state index contributed by atoms with van der Waals surface area (Å²) < 4.78 is 0. The van der Waals surface area contributed by atoms with Crippen molar-refractivity contribution in [2.45, 2.75) is 6.42 Å². The minimum atomic E-state index is -1.36. The summed E-state index contributed by atoms with van der Waals surface area (Å²) in [5.74, 6) is -1.00. The summed E-state index contributed by atoms with van der Waals surface area (Å²) >= 11 is 5.08. The second-order valence-electron chi connectivity index (χ2n) is 4.13. The van der Waals surface area contributed by atoms with Crippen LogP contribution < -0.4 is 5.32 Å². The first kappa shape index (κ1) is 14.0. The average molecular weight is 292 g/mol. The number of nitrogens with zero attached hydrogens (tertiary/aromatic N) is 1. The van der Waals surface area contributed by atoms with E-state index in [2.05, 4.69) is 5.32 Å². The molecule has 0 bridgehead atoms. The third-order valence-corrected chi connectivity index (χ3v) is 3.12. The van der Waals surface area contributed by atoms with E-state index in [-0.39, 0.29) is 29.3 Å². The zero-order chi connectivity index (χ0) is 14.7. The predicted octanol–water partition coefficient (Wildman–Crippen LogP) is 2.15. The number of aliphatic hydroxyl groups excluding tert-OH is 1. The Morgan fingerprint density at radius 3 is 2.55 bits per heavy atom. The minimum Gasteiger partial charge on any atom is -0.511 e. The second-order valence-corrected chi connectivity index (χ2v) is 4.54. The molecule has 0 aliphatic carbocycles. The summed E-state index contributed by atoms with van der Waals surface area (Å²) in [5.41, 5.74) is 0.482. The number of carboxylic acid groups (broad SMARTS) is 1. The fourth-order valence-electron chi connectivity index (χ4n) is 1.83. The van der Waals surface area contributed by atoms with E-state index in [4.69, 9.17) is 17.3 Å². The lowest BCUT2D eigenvalue weighted by Crippen LogP contribution is -2.43. The van der Waals surface area contributed by atoms with E-state index in [0.717, 1.165) is 0 Å². The van der Waals surface area contributed by atoms with Crippen LogP contribution in [-0.2, 0) is 4.79 Å². The summed E-state index contributed by atoms with van der Waals surface area (Å²) in [7, 11) is 0. The van der Waals surface area contributed by atoms with Crippen molar-refractivity contribution in [3.05, 3.63) is 41.7 Å². The van der Waals surface area contributed by atoms with Crippen molar-refractivity contribution in [1.82, 2.24) is 4.90 Å². The maximum atomic E-state index is 12.0. The standard InChI is InChI=1S/C13H12N2O4S/c16-9-6-7-15(13(18)19)12(17)10(9)11(20)14-8-4-2-1-3-5-8/h1-5,16H,6-7H2,(H,14,20)(H,18,19). The lowest BCUT2D eigenvalue weighted by Gasteiger charge is -2.25. The van der Waals surface area contributed by atoms with Crippen molar-refractivity contribution in [2.24, 2.45) is 0 Å². The van der Waals surface area contributed by atoms with Crippen LogP contribution in [0.2, 0.25) is 0 Å². The zero-order valence-corrected chi connectivity index (χ0v) is 11.2. The number of para-hydroxylation sites is 1. The van der Waals surface area contributed by atoms with Crippen molar-refractivity contribution in [1.29, 1.82) is 0 Å². The van der Waals surface area contributed by atoms with Gasteiger partial charge in [-0.2, -0.15) is 0 Å². The number of rotatable bonds is 2. The van der Waals surface area contributed by atoms with Crippen LogP contribution in [0, 0.1) is 0 Å². The molecule has 0 spiro atoms. The van der Waals surface area contributed by atoms with Gasteiger partial charge in [-0.15, -0.1) is 0 Å². The molecule has 2 amide bonds. The van der Waals surface area contributed by atoms with Gasteiger partial charge in [-0.3, -0.25) is 4.79 Å². The number of amides is 2. The maximum absolute atomic E-state index is 12.0. The van der Waals surface area contributed by atoms with E-state index in [1.165, 1.54) is 0 Å². The number of carbonyl (C=O) groups is 2. The molecule has 0 unspecified atom stereocenters.